The smallest absolute Gasteiger partial charge is 0.0964 e. The third-order valence-corrected chi connectivity index (χ3v) is 1.99. The van der Waals surface area contributed by atoms with Crippen LogP contribution in [0.5, 0.6) is 0 Å². The van der Waals surface area contributed by atoms with E-state index in [0.717, 1.165) is 25.3 Å². The second kappa shape index (κ2) is 5.72. The SMILES string of the molecule is CCNCc1cn(CC(C)OC)nn1. The van der Waals surface area contributed by atoms with E-state index in [9.17, 15) is 0 Å². The second-order valence-electron chi connectivity index (χ2n) is 3.26. The van der Waals surface area contributed by atoms with E-state index in [1.165, 1.54) is 0 Å². The zero-order valence-corrected chi connectivity index (χ0v) is 9.03. The van der Waals surface area contributed by atoms with Crippen LogP contribution in [0.2, 0.25) is 0 Å². The minimum atomic E-state index is 0.170. The van der Waals surface area contributed by atoms with Gasteiger partial charge in [0.1, 0.15) is 0 Å². The molecular formula is C9H18N4O. The van der Waals surface area contributed by atoms with Gasteiger partial charge in [-0.2, -0.15) is 0 Å². The molecule has 1 rings (SSSR count). The topological polar surface area (TPSA) is 52.0 Å². The summed E-state index contributed by atoms with van der Waals surface area (Å²) >= 11 is 0. The van der Waals surface area contributed by atoms with Crippen molar-refractivity contribution < 1.29 is 4.74 Å². The average Bonchev–Trinajstić information content (AvgIpc) is 2.62. The first-order valence-electron chi connectivity index (χ1n) is 4.88. The fourth-order valence-corrected chi connectivity index (χ4v) is 1.10. The van der Waals surface area contributed by atoms with Crippen molar-refractivity contribution in [3.63, 3.8) is 0 Å². The molecule has 5 heteroatoms. The molecule has 0 saturated heterocycles. The van der Waals surface area contributed by atoms with Gasteiger partial charge in [-0.15, -0.1) is 5.10 Å². The molecular weight excluding hydrogens is 180 g/mol. The molecule has 1 heterocycles. The molecule has 0 aliphatic rings. The molecule has 0 bridgehead atoms. The molecule has 1 atom stereocenters. The monoisotopic (exact) mass is 198 g/mol. The Hall–Kier alpha value is -0.940. The van der Waals surface area contributed by atoms with Gasteiger partial charge in [0.05, 0.1) is 18.3 Å². The highest BCUT2D eigenvalue weighted by atomic mass is 16.5. The van der Waals surface area contributed by atoms with Crippen molar-refractivity contribution in [2.24, 2.45) is 0 Å². The van der Waals surface area contributed by atoms with Gasteiger partial charge >= 0.3 is 0 Å². The Balaban J connectivity index is 2.42. The summed E-state index contributed by atoms with van der Waals surface area (Å²) < 4.78 is 6.95. The van der Waals surface area contributed by atoms with Crippen molar-refractivity contribution in [2.45, 2.75) is 33.0 Å². The van der Waals surface area contributed by atoms with E-state index in [1.807, 2.05) is 13.1 Å². The molecule has 0 fully saturated rings. The molecule has 0 amide bonds. The van der Waals surface area contributed by atoms with Crippen LogP contribution < -0.4 is 5.32 Å². The molecule has 1 N–H and O–H groups in total. The number of aromatic nitrogens is 3. The predicted molar refractivity (Wildman–Crippen MR) is 53.9 cm³/mol. The summed E-state index contributed by atoms with van der Waals surface area (Å²) in [6, 6.07) is 0. The van der Waals surface area contributed by atoms with Crippen molar-refractivity contribution >= 4 is 0 Å². The third-order valence-electron chi connectivity index (χ3n) is 1.99. The van der Waals surface area contributed by atoms with Gasteiger partial charge in [-0.3, -0.25) is 0 Å². The van der Waals surface area contributed by atoms with Crippen LogP contribution in [0.1, 0.15) is 19.5 Å². The third kappa shape index (κ3) is 3.43. The van der Waals surface area contributed by atoms with E-state index in [0.29, 0.717) is 0 Å². The molecule has 0 aliphatic carbocycles. The van der Waals surface area contributed by atoms with Crippen LogP contribution >= 0.6 is 0 Å². The standard InChI is InChI=1S/C9H18N4O/c1-4-10-5-9-7-13(12-11-9)6-8(2)14-3/h7-8,10H,4-6H2,1-3H3. The van der Waals surface area contributed by atoms with Crippen LogP contribution in [0, 0.1) is 0 Å². The van der Waals surface area contributed by atoms with Gasteiger partial charge in [-0.1, -0.05) is 12.1 Å². The van der Waals surface area contributed by atoms with Crippen molar-refractivity contribution in [3.8, 4) is 0 Å². The van der Waals surface area contributed by atoms with E-state index in [4.69, 9.17) is 4.74 Å². The van der Waals surface area contributed by atoms with Crippen molar-refractivity contribution in [1.82, 2.24) is 20.3 Å². The molecule has 1 aromatic rings. The summed E-state index contributed by atoms with van der Waals surface area (Å²) in [7, 11) is 1.70. The normalized spacial score (nSPS) is 13.1. The van der Waals surface area contributed by atoms with E-state index < -0.39 is 0 Å². The maximum atomic E-state index is 5.14. The Bertz CT molecular complexity index is 261. The van der Waals surface area contributed by atoms with Crippen LogP contribution in [0.4, 0.5) is 0 Å². The minimum absolute atomic E-state index is 0.170. The van der Waals surface area contributed by atoms with Gasteiger partial charge in [0, 0.05) is 19.9 Å². The fourth-order valence-electron chi connectivity index (χ4n) is 1.10. The predicted octanol–water partition coefficient (Wildman–Crippen LogP) is 0.422. The van der Waals surface area contributed by atoms with Crippen LogP contribution in [-0.4, -0.2) is 34.8 Å². The summed E-state index contributed by atoms with van der Waals surface area (Å²) in [6.45, 7) is 6.54. The molecule has 80 valence electrons. The van der Waals surface area contributed by atoms with Crippen LogP contribution in [0.15, 0.2) is 6.20 Å². The number of hydrogen-bond donors (Lipinski definition) is 1. The average molecular weight is 198 g/mol. The maximum absolute atomic E-state index is 5.14. The van der Waals surface area contributed by atoms with Gasteiger partial charge in [0.2, 0.25) is 0 Å². The summed E-state index contributed by atoms with van der Waals surface area (Å²) in [5.41, 5.74) is 0.968. The van der Waals surface area contributed by atoms with Crippen LogP contribution in [0.3, 0.4) is 0 Å². The Kier molecular flexibility index (Phi) is 4.55. The van der Waals surface area contributed by atoms with Crippen molar-refractivity contribution in [1.29, 1.82) is 0 Å². The summed E-state index contributed by atoms with van der Waals surface area (Å²) in [5.74, 6) is 0. The molecule has 0 aromatic carbocycles. The molecule has 0 spiro atoms. The van der Waals surface area contributed by atoms with Gasteiger partial charge < -0.3 is 10.1 Å². The Labute approximate surface area is 84.4 Å². The minimum Gasteiger partial charge on any atom is -0.380 e. The number of hydrogen-bond acceptors (Lipinski definition) is 4. The van der Waals surface area contributed by atoms with Crippen LogP contribution in [-0.2, 0) is 17.8 Å². The van der Waals surface area contributed by atoms with Gasteiger partial charge in [0.25, 0.3) is 0 Å². The quantitative estimate of drug-likeness (QED) is 0.720. The van der Waals surface area contributed by atoms with E-state index in [1.54, 1.807) is 11.8 Å². The Morgan fingerprint density at radius 3 is 3.07 bits per heavy atom. The van der Waals surface area contributed by atoms with Crippen molar-refractivity contribution in [2.75, 3.05) is 13.7 Å². The Morgan fingerprint density at radius 1 is 1.64 bits per heavy atom. The molecule has 1 unspecified atom stereocenters. The lowest BCUT2D eigenvalue weighted by Crippen LogP contribution is -2.15. The second-order valence-corrected chi connectivity index (χ2v) is 3.26. The summed E-state index contributed by atoms with van der Waals surface area (Å²) in [4.78, 5) is 0. The van der Waals surface area contributed by atoms with E-state index >= 15 is 0 Å². The fraction of sp³-hybridized carbons (Fsp3) is 0.778. The number of ether oxygens (including phenoxy) is 1. The molecule has 0 saturated carbocycles. The first kappa shape index (κ1) is 11.1. The maximum Gasteiger partial charge on any atom is 0.0964 e. The number of methoxy groups -OCH3 is 1. The van der Waals surface area contributed by atoms with E-state index in [-0.39, 0.29) is 6.10 Å². The number of nitrogens with one attached hydrogen (secondary N) is 1. The molecule has 0 radical (unpaired) electrons. The highest BCUT2D eigenvalue weighted by Gasteiger charge is 2.03. The van der Waals surface area contributed by atoms with Gasteiger partial charge in [0.15, 0.2) is 0 Å². The first-order chi connectivity index (χ1) is 6.76. The molecule has 1 aromatic heterocycles. The zero-order chi connectivity index (χ0) is 10.4. The van der Waals surface area contributed by atoms with Gasteiger partial charge in [-0.25, -0.2) is 4.68 Å². The van der Waals surface area contributed by atoms with E-state index in [2.05, 4.69) is 22.6 Å². The molecule has 5 nitrogen and oxygen atoms in total. The lowest BCUT2D eigenvalue weighted by molar-refractivity contribution is 0.0993. The summed E-state index contributed by atoms with van der Waals surface area (Å²) in [6.07, 6.45) is 2.11. The first-order valence-corrected chi connectivity index (χ1v) is 4.88. The molecule has 14 heavy (non-hydrogen) atoms. The lowest BCUT2D eigenvalue weighted by Gasteiger charge is -2.07. The lowest BCUT2D eigenvalue weighted by atomic mass is 10.4. The highest BCUT2D eigenvalue weighted by Crippen LogP contribution is 1.96. The zero-order valence-electron chi connectivity index (χ0n) is 9.03. The summed E-state index contributed by atoms with van der Waals surface area (Å²) in [5, 5.41) is 11.2. The highest BCUT2D eigenvalue weighted by molar-refractivity contribution is 4.91. The Morgan fingerprint density at radius 2 is 2.43 bits per heavy atom. The number of rotatable bonds is 6. The van der Waals surface area contributed by atoms with Crippen LogP contribution in [0.25, 0.3) is 0 Å². The molecule has 0 aliphatic heterocycles. The number of nitrogens with zero attached hydrogens (tertiary/aromatic N) is 3. The largest absolute Gasteiger partial charge is 0.380 e. The van der Waals surface area contributed by atoms with Crippen molar-refractivity contribution in [3.05, 3.63) is 11.9 Å². The van der Waals surface area contributed by atoms with Gasteiger partial charge in [-0.05, 0) is 13.5 Å².